The molecule has 0 bridgehead atoms. The summed E-state index contributed by atoms with van der Waals surface area (Å²) in [5.41, 5.74) is 2.20. The van der Waals surface area contributed by atoms with E-state index in [1.807, 2.05) is 13.8 Å². The molecular weight excluding hydrogens is 166 g/mol. The van der Waals surface area contributed by atoms with Gasteiger partial charge in [-0.25, -0.2) is 4.98 Å². The summed E-state index contributed by atoms with van der Waals surface area (Å²) in [6.07, 6.45) is 0. The standard InChI is InChI=1S/C9H13N3O/c1-3-13-9-7-4-10-5-8(7)11-6(2)12-9/h10H,3-5H2,1-2H3. The second-order valence-corrected chi connectivity index (χ2v) is 3.04. The predicted molar refractivity (Wildman–Crippen MR) is 48.5 cm³/mol. The van der Waals surface area contributed by atoms with E-state index in [-0.39, 0.29) is 0 Å². The third kappa shape index (κ3) is 1.49. The van der Waals surface area contributed by atoms with Crippen molar-refractivity contribution in [2.24, 2.45) is 0 Å². The molecule has 0 saturated heterocycles. The van der Waals surface area contributed by atoms with Crippen molar-refractivity contribution in [3.63, 3.8) is 0 Å². The van der Waals surface area contributed by atoms with Gasteiger partial charge in [-0.1, -0.05) is 0 Å². The average molecular weight is 179 g/mol. The third-order valence-electron chi connectivity index (χ3n) is 2.04. The summed E-state index contributed by atoms with van der Waals surface area (Å²) >= 11 is 0. The fourth-order valence-corrected chi connectivity index (χ4v) is 1.51. The van der Waals surface area contributed by atoms with Crippen molar-refractivity contribution >= 4 is 0 Å². The van der Waals surface area contributed by atoms with Gasteiger partial charge in [-0.15, -0.1) is 0 Å². The lowest BCUT2D eigenvalue weighted by Gasteiger charge is -2.07. The second-order valence-electron chi connectivity index (χ2n) is 3.04. The molecule has 4 heteroatoms. The maximum Gasteiger partial charge on any atom is 0.221 e. The normalized spacial score (nSPS) is 14.3. The van der Waals surface area contributed by atoms with E-state index in [1.54, 1.807) is 0 Å². The molecule has 1 aromatic heterocycles. The summed E-state index contributed by atoms with van der Waals surface area (Å²) in [5, 5.41) is 3.23. The Morgan fingerprint density at radius 3 is 3.00 bits per heavy atom. The highest BCUT2D eigenvalue weighted by molar-refractivity contribution is 5.33. The second kappa shape index (κ2) is 3.30. The number of nitrogens with zero attached hydrogens (tertiary/aromatic N) is 2. The first kappa shape index (κ1) is 8.44. The van der Waals surface area contributed by atoms with Crippen LogP contribution in [0.2, 0.25) is 0 Å². The van der Waals surface area contributed by atoms with Crippen LogP contribution in [0.3, 0.4) is 0 Å². The Hall–Kier alpha value is -1.16. The largest absolute Gasteiger partial charge is 0.478 e. The quantitative estimate of drug-likeness (QED) is 0.729. The fourth-order valence-electron chi connectivity index (χ4n) is 1.51. The van der Waals surface area contributed by atoms with Crippen molar-refractivity contribution in [1.29, 1.82) is 0 Å². The third-order valence-corrected chi connectivity index (χ3v) is 2.04. The van der Waals surface area contributed by atoms with Crippen LogP contribution in [0.15, 0.2) is 0 Å². The van der Waals surface area contributed by atoms with Crippen LogP contribution < -0.4 is 10.1 Å². The van der Waals surface area contributed by atoms with Crippen LogP contribution in [0.25, 0.3) is 0 Å². The summed E-state index contributed by atoms with van der Waals surface area (Å²) < 4.78 is 5.44. The highest BCUT2D eigenvalue weighted by atomic mass is 16.5. The van der Waals surface area contributed by atoms with Crippen LogP contribution in [-0.2, 0) is 13.1 Å². The molecule has 2 rings (SSSR count). The van der Waals surface area contributed by atoms with Crippen molar-refractivity contribution in [1.82, 2.24) is 15.3 Å². The van der Waals surface area contributed by atoms with Crippen LogP contribution in [0, 0.1) is 6.92 Å². The van der Waals surface area contributed by atoms with Crippen molar-refractivity contribution in [3.05, 3.63) is 17.1 Å². The van der Waals surface area contributed by atoms with Gasteiger partial charge in [0, 0.05) is 13.1 Å². The molecular formula is C9H13N3O. The molecule has 1 N–H and O–H groups in total. The van der Waals surface area contributed by atoms with Gasteiger partial charge in [0.25, 0.3) is 0 Å². The molecule has 0 aliphatic carbocycles. The van der Waals surface area contributed by atoms with Gasteiger partial charge in [0.05, 0.1) is 17.9 Å². The summed E-state index contributed by atoms with van der Waals surface area (Å²) in [4.78, 5) is 8.60. The molecule has 2 heterocycles. The van der Waals surface area contributed by atoms with E-state index in [2.05, 4.69) is 15.3 Å². The number of aryl methyl sites for hydroxylation is 1. The molecule has 0 fully saturated rings. The molecule has 0 saturated carbocycles. The van der Waals surface area contributed by atoms with Gasteiger partial charge >= 0.3 is 0 Å². The summed E-state index contributed by atoms with van der Waals surface area (Å²) in [5.74, 6) is 1.53. The smallest absolute Gasteiger partial charge is 0.221 e. The molecule has 13 heavy (non-hydrogen) atoms. The van der Waals surface area contributed by atoms with Crippen molar-refractivity contribution in [2.45, 2.75) is 26.9 Å². The number of aromatic nitrogens is 2. The van der Waals surface area contributed by atoms with Gasteiger partial charge in [-0.05, 0) is 13.8 Å². The van der Waals surface area contributed by atoms with Gasteiger partial charge in [-0.2, -0.15) is 4.98 Å². The summed E-state index contributed by atoms with van der Waals surface area (Å²) in [7, 11) is 0. The van der Waals surface area contributed by atoms with Gasteiger partial charge in [-0.3, -0.25) is 0 Å². The van der Waals surface area contributed by atoms with E-state index < -0.39 is 0 Å². The molecule has 0 amide bonds. The molecule has 1 aliphatic rings. The van der Waals surface area contributed by atoms with Gasteiger partial charge in [0.1, 0.15) is 5.82 Å². The molecule has 4 nitrogen and oxygen atoms in total. The van der Waals surface area contributed by atoms with E-state index in [1.165, 1.54) is 0 Å². The van der Waals surface area contributed by atoms with Crippen molar-refractivity contribution < 1.29 is 4.74 Å². The Morgan fingerprint density at radius 1 is 1.38 bits per heavy atom. The minimum atomic E-state index is 0.656. The van der Waals surface area contributed by atoms with E-state index >= 15 is 0 Å². The number of nitrogens with one attached hydrogen (secondary N) is 1. The van der Waals surface area contributed by atoms with E-state index in [4.69, 9.17) is 4.74 Å². The lowest BCUT2D eigenvalue weighted by atomic mass is 10.2. The molecule has 1 aliphatic heterocycles. The van der Waals surface area contributed by atoms with Crippen molar-refractivity contribution in [3.8, 4) is 5.88 Å². The number of ether oxygens (including phenoxy) is 1. The number of hydrogen-bond donors (Lipinski definition) is 1. The van der Waals surface area contributed by atoms with Gasteiger partial charge < -0.3 is 10.1 Å². The minimum Gasteiger partial charge on any atom is -0.478 e. The number of hydrogen-bond acceptors (Lipinski definition) is 4. The maximum absolute atomic E-state index is 5.44. The zero-order valence-electron chi connectivity index (χ0n) is 7.92. The summed E-state index contributed by atoms with van der Waals surface area (Å²) in [6, 6.07) is 0. The van der Waals surface area contributed by atoms with Crippen LogP contribution in [-0.4, -0.2) is 16.6 Å². The van der Waals surface area contributed by atoms with E-state index in [9.17, 15) is 0 Å². The van der Waals surface area contributed by atoms with Gasteiger partial charge in [0.15, 0.2) is 0 Å². The first-order valence-corrected chi connectivity index (χ1v) is 4.51. The molecule has 0 spiro atoms. The SMILES string of the molecule is CCOc1nc(C)nc2c1CNC2. The number of rotatable bonds is 2. The Labute approximate surface area is 77.4 Å². The van der Waals surface area contributed by atoms with Gasteiger partial charge in [0.2, 0.25) is 5.88 Å². The molecule has 0 unspecified atom stereocenters. The van der Waals surface area contributed by atoms with Crippen LogP contribution >= 0.6 is 0 Å². The minimum absolute atomic E-state index is 0.656. The Morgan fingerprint density at radius 2 is 2.23 bits per heavy atom. The fraction of sp³-hybridized carbons (Fsp3) is 0.556. The molecule has 0 atom stereocenters. The number of fused-ring (bicyclic) bond motifs is 1. The van der Waals surface area contributed by atoms with Crippen molar-refractivity contribution in [2.75, 3.05) is 6.61 Å². The molecule has 70 valence electrons. The Bertz CT molecular complexity index is 325. The topological polar surface area (TPSA) is 47.0 Å². The van der Waals surface area contributed by atoms with E-state index in [0.29, 0.717) is 6.61 Å². The first-order chi connectivity index (χ1) is 6.31. The Balaban J connectivity index is 2.43. The lowest BCUT2D eigenvalue weighted by molar-refractivity contribution is 0.321. The summed E-state index contributed by atoms with van der Waals surface area (Å²) in [6.45, 7) is 6.17. The zero-order valence-corrected chi connectivity index (χ0v) is 7.92. The maximum atomic E-state index is 5.44. The molecule has 1 aromatic rings. The monoisotopic (exact) mass is 179 g/mol. The first-order valence-electron chi connectivity index (χ1n) is 4.51. The van der Waals surface area contributed by atoms with Crippen LogP contribution in [0.1, 0.15) is 24.0 Å². The van der Waals surface area contributed by atoms with Crippen LogP contribution in [0.5, 0.6) is 5.88 Å². The highest BCUT2D eigenvalue weighted by Crippen LogP contribution is 2.22. The Kier molecular flexibility index (Phi) is 2.14. The zero-order chi connectivity index (χ0) is 9.26. The average Bonchev–Trinajstić information content (AvgIpc) is 2.52. The predicted octanol–water partition coefficient (Wildman–Crippen LogP) is 0.787. The van der Waals surface area contributed by atoms with Crippen LogP contribution in [0.4, 0.5) is 0 Å². The van der Waals surface area contributed by atoms with E-state index in [0.717, 1.165) is 36.1 Å². The molecule has 0 radical (unpaired) electrons. The lowest BCUT2D eigenvalue weighted by Crippen LogP contribution is -2.03. The molecule has 0 aromatic carbocycles. The highest BCUT2D eigenvalue weighted by Gasteiger charge is 2.18.